The Bertz CT molecular complexity index is 664. The molecule has 0 saturated heterocycles. The highest BCUT2D eigenvalue weighted by atomic mass is 32.2. The Morgan fingerprint density at radius 3 is 2.50 bits per heavy atom. The maximum Gasteiger partial charge on any atom is 0.240 e. The highest BCUT2D eigenvalue weighted by molar-refractivity contribution is 7.89. The number of aryl methyl sites for hydroxylation is 1. The normalized spacial score (nSPS) is 16.9. The van der Waals surface area contributed by atoms with Crippen LogP contribution in [0, 0.1) is 18.3 Å². The number of hydrogen-bond donors (Lipinski definition) is 1. The Hall–Kier alpha value is -1.71. The Morgan fingerprint density at radius 2 is 1.95 bits per heavy atom. The van der Waals surface area contributed by atoms with Gasteiger partial charge in [0.15, 0.2) is 0 Å². The number of hydrogen-bond acceptors (Lipinski definition) is 4. The molecule has 0 aromatic heterocycles. The standard InChI is InChI=1S/C14H16N2O3S/c1-10-8-14(7-2-11(10)9-15)20(18,19)16-12-3-5-13(17)6-4-12/h2,7-8,12,16H,3-6H2,1H3. The van der Waals surface area contributed by atoms with E-state index in [-0.39, 0.29) is 16.7 Å². The fraction of sp³-hybridized carbons (Fsp3) is 0.429. The van der Waals surface area contributed by atoms with Crippen LogP contribution in [0.4, 0.5) is 0 Å². The van der Waals surface area contributed by atoms with E-state index < -0.39 is 10.0 Å². The van der Waals surface area contributed by atoms with Crippen molar-refractivity contribution >= 4 is 15.8 Å². The molecular formula is C14H16N2O3S. The van der Waals surface area contributed by atoms with E-state index in [1.807, 2.05) is 6.07 Å². The van der Waals surface area contributed by atoms with Crippen molar-refractivity contribution in [1.29, 1.82) is 5.26 Å². The molecule has 0 amide bonds. The predicted octanol–water partition coefficient (Wildman–Crippen LogP) is 1.66. The van der Waals surface area contributed by atoms with Crippen LogP contribution >= 0.6 is 0 Å². The van der Waals surface area contributed by atoms with E-state index in [2.05, 4.69) is 4.72 Å². The first-order valence-electron chi connectivity index (χ1n) is 6.47. The van der Waals surface area contributed by atoms with E-state index in [0.29, 0.717) is 36.8 Å². The summed E-state index contributed by atoms with van der Waals surface area (Å²) >= 11 is 0. The molecule has 0 unspecified atom stereocenters. The second-order valence-corrected chi connectivity index (χ2v) is 6.74. The first kappa shape index (κ1) is 14.7. The van der Waals surface area contributed by atoms with E-state index in [0.717, 1.165) is 0 Å². The van der Waals surface area contributed by atoms with Crippen LogP contribution in [0.2, 0.25) is 0 Å². The number of carbonyl (C=O) groups is 1. The molecule has 106 valence electrons. The smallest absolute Gasteiger partial charge is 0.240 e. The maximum absolute atomic E-state index is 12.3. The monoisotopic (exact) mass is 292 g/mol. The van der Waals surface area contributed by atoms with E-state index in [1.54, 1.807) is 6.92 Å². The minimum atomic E-state index is -3.60. The van der Waals surface area contributed by atoms with Crippen LogP contribution < -0.4 is 4.72 Å². The summed E-state index contributed by atoms with van der Waals surface area (Å²) in [6, 6.07) is 6.26. The van der Waals surface area contributed by atoms with Gasteiger partial charge in [-0.15, -0.1) is 0 Å². The molecule has 1 fully saturated rings. The largest absolute Gasteiger partial charge is 0.300 e. The van der Waals surface area contributed by atoms with Gasteiger partial charge in [0.1, 0.15) is 5.78 Å². The van der Waals surface area contributed by atoms with Crippen LogP contribution in [0.3, 0.4) is 0 Å². The number of sulfonamides is 1. The molecule has 0 bridgehead atoms. The fourth-order valence-corrected chi connectivity index (χ4v) is 3.66. The average molecular weight is 292 g/mol. The summed E-state index contributed by atoms with van der Waals surface area (Å²) < 4.78 is 27.1. The van der Waals surface area contributed by atoms with Crippen LogP contribution in [0.15, 0.2) is 23.1 Å². The number of nitrogens with one attached hydrogen (secondary N) is 1. The third kappa shape index (κ3) is 3.24. The molecule has 2 rings (SSSR count). The minimum Gasteiger partial charge on any atom is -0.300 e. The molecule has 1 saturated carbocycles. The molecule has 0 aliphatic heterocycles. The fourth-order valence-electron chi connectivity index (χ4n) is 2.27. The Kier molecular flexibility index (Phi) is 4.21. The number of nitriles is 1. The van der Waals surface area contributed by atoms with E-state index in [1.165, 1.54) is 18.2 Å². The van der Waals surface area contributed by atoms with Crippen LogP contribution in [0.1, 0.15) is 36.8 Å². The molecular weight excluding hydrogens is 276 g/mol. The van der Waals surface area contributed by atoms with Crippen LogP contribution in [0.25, 0.3) is 0 Å². The van der Waals surface area contributed by atoms with Crippen molar-refractivity contribution in [2.24, 2.45) is 0 Å². The number of nitrogens with zero attached hydrogens (tertiary/aromatic N) is 1. The summed E-state index contributed by atoms with van der Waals surface area (Å²) in [6.07, 6.45) is 1.96. The molecule has 1 aromatic rings. The molecule has 20 heavy (non-hydrogen) atoms. The average Bonchev–Trinajstić information content (AvgIpc) is 2.41. The van der Waals surface area contributed by atoms with E-state index >= 15 is 0 Å². The predicted molar refractivity (Wildman–Crippen MR) is 73.5 cm³/mol. The summed E-state index contributed by atoms with van der Waals surface area (Å²) in [5.74, 6) is 0.190. The van der Waals surface area contributed by atoms with Crippen molar-refractivity contribution in [1.82, 2.24) is 4.72 Å². The Labute approximate surface area is 118 Å². The lowest BCUT2D eigenvalue weighted by Gasteiger charge is -2.22. The van der Waals surface area contributed by atoms with Gasteiger partial charge in [-0.1, -0.05) is 0 Å². The van der Waals surface area contributed by atoms with Gasteiger partial charge in [-0.05, 0) is 43.5 Å². The maximum atomic E-state index is 12.3. The quantitative estimate of drug-likeness (QED) is 0.917. The van der Waals surface area contributed by atoms with Gasteiger partial charge in [0.2, 0.25) is 10.0 Å². The van der Waals surface area contributed by atoms with Crippen molar-refractivity contribution < 1.29 is 13.2 Å². The van der Waals surface area contributed by atoms with E-state index in [9.17, 15) is 13.2 Å². The summed E-state index contributed by atoms with van der Waals surface area (Å²) in [5.41, 5.74) is 1.10. The first-order valence-corrected chi connectivity index (χ1v) is 7.95. The molecule has 0 radical (unpaired) electrons. The van der Waals surface area contributed by atoms with E-state index in [4.69, 9.17) is 5.26 Å². The molecule has 0 spiro atoms. The molecule has 1 aliphatic rings. The van der Waals surface area contributed by atoms with Gasteiger partial charge >= 0.3 is 0 Å². The van der Waals surface area contributed by atoms with Crippen molar-refractivity contribution in [3.05, 3.63) is 29.3 Å². The molecule has 0 atom stereocenters. The number of rotatable bonds is 3. The SMILES string of the molecule is Cc1cc(S(=O)(=O)NC2CCC(=O)CC2)ccc1C#N. The van der Waals surface area contributed by atoms with Gasteiger partial charge in [-0.25, -0.2) is 13.1 Å². The molecule has 0 heterocycles. The third-order valence-electron chi connectivity index (χ3n) is 3.49. The van der Waals surface area contributed by atoms with Gasteiger partial charge in [0.05, 0.1) is 16.5 Å². The zero-order valence-corrected chi connectivity index (χ0v) is 12.0. The van der Waals surface area contributed by atoms with Crippen LogP contribution in [0.5, 0.6) is 0 Å². The summed E-state index contributed by atoms with van der Waals surface area (Å²) in [5, 5.41) is 8.85. The number of benzene rings is 1. The van der Waals surface area contributed by atoms with Crippen molar-refractivity contribution in [3.8, 4) is 6.07 Å². The van der Waals surface area contributed by atoms with Gasteiger partial charge in [0, 0.05) is 18.9 Å². The molecule has 1 aliphatic carbocycles. The number of Topliss-reactive ketones (excluding diaryl/α,β-unsaturated/α-hetero) is 1. The number of ketones is 1. The molecule has 6 heteroatoms. The highest BCUT2D eigenvalue weighted by Crippen LogP contribution is 2.19. The second kappa shape index (κ2) is 5.73. The van der Waals surface area contributed by atoms with Crippen molar-refractivity contribution in [3.63, 3.8) is 0 Å². The lowest BCUT2D eigenvalue weighted by atomic mass is 9.95. The van der Waals surface area contributed by atoms with Crippen LogP contribution in [-0.4, -0.2) is 20.2 Å². The summed E-state index contributed by atoms with van der Waals surface area (Å²) in [6.45, 7) is 1.71. The van der Waals surface area contributed by atoms with Gasteiger partial charge in [0.25, 0.3) is 0 Å². The number of carbonyl (C=O) groups excluding carboxylic acids is 1. The zero-order valence-electron chi connectivity index (χ0n) is 11.2. The van der Waals surface area contributed by atoms with Crippen molar-refractivity contribution in [2.45, 2.75) is 43.5 Å². The Morgan fingerprint density at radius 1 is 1.30 bits per heavy atom. The minimum absolute atomic E-state index is 0.158. The zero-order chi connectivity index (χ0) is 14.8. The molecule has 5 nitrogen and oxygen atoms in total. The molecule has 1 N–H and O–H groups in total. The second-order valence-electron chi connectivity index (χ2n) is 5.02. The first-order chi connectivity index (χ1) is 9.42. The van der Waals surface area contributed by atoms with Gasteiger partial charge in [-0.2, -0.15) is 5.26 Å². The topological polar surface area (TPSA) is 87.0 Å². The lowest BCUT2D eigenvalue weighted by Crippen LogP contribution is -2.37. The van der Waals surface area contributed by atoms with Gasteiger partial charge < -0.3 is 0 Å². The van der Waals surface area contributed by atoms with Crippen LogP contribution in [-0.2, 0) is 14.8 Å². The summed E-state index contributed by atoms with van der Waals surface area (Å²) in [4.78, 5) is 11.3. The highest BCUT2D eigenvalue weighted by Gasteiger charge is 2.24. The summed E-state index contributed by atoms with van der Waals surface area (Å²) in [7, 11) is -3.60. The molecule has 1 aromatic carbocycles. The lowest BCUT2D eigenvalue weighted by molar-refractivity contribution is -0.120. The Balaban J connectivity index is 2.16. The van der Waals surface area contributed by atoms with Gasteiger partial charge in [-0.3, -0.25) is 4.79 Å². The third-order valence-corrected chi connectivity index (χ3v) is 5.01. The van der Waals surface area contributed by atoms with Crippen molar-refractivity contribution in [2.75, 3.05) is 0 Å².